The van der Waals surface area contributed by atoms with Crippen molar-refractivity contribution in [2.75, 3.05) is 19.7 Å². The van der Waals surface area contributed by atoms with E-state index in [-0.39, 0.29) is 36.0 Å². The number of hydrogen-bond acceptors (Lipinski definition) is 4. The molecule has 3 aromatic carbocycles. The topological polar surface area (TPSA) is 71.7 Å². The van der Waals surface area contributed by atoms with Gasteiger partial charge in [0.2, 0.25) is 0 Å². The number of alkyl halides is 2. The van der Waals surface area contributed by atoms with E-state index in [9.17, 15) is 9.18 Å². The van der Waals surface area contributed by atoms with Gasteiger partial charge in [-0.25, -0.2) is 4.39 Å². The Morgan fingerprint density at radius 1 is 1.03 bits per heavy atom. The van der Waals surface area contributed by atoms with E-state index in [2.05, 4.69) is 5.32 Å². The summed E-state index contributed by atoms with van der Waals surface area (Å²) in [5.41, 5.74) is 0.967. The number of ether oxygens (including phenoxy) is 1. The zero-order valence-corrected chi connectivity index (χ0v) is 18.7. The van der Waals surface area contributed by atoms with Crippen molar-refractivity contribution >= 4 is 16.9 Å². The van der Waals surface area contributed by atoms with Gasteiger partial charge in [0.15, 0.2) is 0 Å². The van der Waals surface area contributed by atoms with Crippen molar-refractivity contribution in [2.24, 2.45) is 0 Å². The lowest BCUT2D eigenvalue weighted by molar-refractivity contribution is -0.135. The van der Waals surface area contributed by atoms with Crippen LogP contribution in [0.15, 0.2) is 83.5 Å². The molecule has 1 heterocycles. The summed E-state index contributed by atoms with van der Waals surface area (Å²) < 4.78 is 54.7. The Balaban J connectivity index is 1.39. The zero-order chi connectivity index (χ0) is 24.8. The van der Waals surface area contributed by atoms with Crippen LogP contribution in [-0.2, 0) is 10.7 Å². The molecule has 0 saturated heterocycles. The maximum Gasteiger partial charge on any atom is 0.317 e. The second-order valence-corrected chi connectivity index (χ2v) is 8.19. The number of benzene rings is 3. The largest absolute Gasteiger partial charge is 0.494 e. The third-order valence-electron chi connectivity index (χ3n) is 5.75. The molecule has 0 amide bonds. The van der Waals surface area contributed by atoms with Crippen molar-refractivity contribution in [3.63, 3.8) is 0 Å². The first kappa shape index (κ1) is 24.3. The molecule has 0 saturated carbocycles. The average molecular weight is 483 g/mol. The number of furan rings is 1. The highest BCUT2D eigenvalue weighted by atomic mass is 19.3. The highest BCUT2D eigenvalue weighted by Crippen LogP contribution is 2.37. The predicted molar refractivity (Wildman–Crippen MR) is 125 cm³/mol. The Hall–Kier alpha value is -3.78. The molecule has 0 aliphatic heterocycles. The molecule has 182 valence electrons. The lowest BCUT2D eigenvalue weighted by Crippen LogP contribution is -2.28. The Morgan fingerprint density at radius 3 is 2.54 bits per heavy atom. The summed E-state index contributed by atoms with van der Waals surface area (Å²) >= 11 is 0. The van der Waals surface area contributed by atoms with E-state index in [1.54, 1.807) is 18.2 Å². The third-order valence-corrected chi connectivity index (χ3v) is 5.75. The number of nitrogens with one attached hydrogen (secondary N) is 1. The molecule has 0 radical (unpaired) electrons. The first-order valence-electron chi connectivity index (χ1n) is 11.1. The van der Waals surface area contributed by atoms with Gasteiger partial charge in [0.05, 0.1) is 19.4 Å². The quantitative estimate of drug-likeness (QED) is 0.276. The molecule has 1 atom stereocenters. The van der Waals surface area contributed by atoms with Crippen molar-refractivity contribution < 1.29 is 32.2 Å². The molecule has 0 aliphatic rings. The van der Waals surface area contributed by atoms with E-state index in [1.165, 1.54) is 60.9 Å². The van der Waals surface area contributed by atoms with Crippen LogP contribution in [0.3, 0.4) is 0 Å². The first-order chi connectivity index (χ1) is 16.8. The highest BCUT2D eigenvalue weighted by Gasteiger charge is 2.34. The molecule has 0 aliphatic carbocycles. The first-order valence-corrected chi connectivity index (χ1v) is 11.1. The Kier molecular flexibility index (Phi) is 7.41. The predicted octanol–water partition coefficient (Wildman–Crippen LogP) is 5.94. The van der Waals surface area contributed by atoms with Gasteiger partial charge in [-0.3, -0.25) is 4.79 Å². The number of rotatable bonds is 11. The minimum atomic E-state index is -3.19. The van der Waals surface area contributed by atoms with E-state index in [0.29, 0.717) is 29.7 Å². The summed E-state index contributed by atoms with van der Waals surface area (Å²) in [5, 5.41) is 12.3. The minimum Gasteiger partial charge on any atom is -0.494 e. The SMILES string of the molecule is O=C(O)CNCC(CCOc1ccc(C(F)(F)c2ccc3occc3c2)cc1)c1cccc(F)c1. The van der Waals surface area contributed by atoms with E-state index >= 15 is 8.78 Å². The third kappa shape index (κ3) is 6.02. The summed E-state index contributed by atoms with van der Waals surface area (Å²) in [6.07, 6.45) is 1.93. The van der Waals surface area contributed by atoms with Gasteiger partial charge >= 0.3 is 5.97 Å². The highest BCUT2D eigenvalue weighted by molar-refractivity contribution is 5.78. The molecule has 0 spiro atoms. The van der Waals surface area contributed by atoms with Gasteiger partial charge in [-0.1, -0.05) is 12.1 Å². The van der Waals surface area contributed by atoms with E-state index in [0.717, 1.165) is 5.56 Å². The molecule has 4 aromatic rings. The fraction of sp³-hybridized carbons (Fsp3) is 0.222. The van der Waals surface area contributed by atoms with Gasteiger partial charge in [-0.15, -0.1) is 0 Å². The second kappa shape index (κ2) is 10.7. The number of halogens is 3. The molecule has 0 fully saturated rings. The number of carbonyl (C=O) groups is 1. The Morgan fingerprint density at radius 2 is 1.80 bits per heavy atom. The van der Waals surface area contributed by atoms with Crippen LogP contribution in [0.4, 0.5) is 13.2 Å². The van der Waals surface area contributed by atoms with E-state index in [1.807, 2.05) is 0 Å². The lowest BCUT2D eigenvalue weighted by Gasteiger charge is -2.19. The maximum absolute atomic E-state index is 15.1. The minimum absolute atomic E-state index is 0.133. The molecule has 0 bridgehead atoms. The average Bonchev–Trinajstić information content (AvgIpc) is 3.31. The van der Waals surface area contributed by atoms with Crippen molar-refractivity contribution in [1.82, 2.24) is 5.32 Å². The van der Waals surface area contributed by atoms with Crippen LogP contribution in [-0.4, -0.2) is 30.8 Å². The van der Waals surface area contributed by atoms with E-state index < -0.39 is 11.9 Å². The Bertz CT molecular complexity index is 1290. The molecule has 35 heavy (non-hydrogen) atoms. The molecule has 1 unspecified atom stereocenters. The van der Waals surface area contributed by atoms with Crippen LogP contribution < -0.4 is 10.1 Å². The van der Waals surface area contributed by atoms with Crippen LogP contribution in [0.5, 0.6) is 5.75 Å². The summed E-state index contributed by atoms with van der Waals surface area (Å²) in [6, 6.07) is 17.7. The smallest absolute Gasteiger partial charge is 0.317 e. The molecule has 1 aromatic heterocycles. The monoisotopic (exact) mass is 483 g/mol. The molecular formula is C27H24F3NO4. The normalized spacial score (nSPS) is 12.5. The summed E-state index contributed by atoms with van der Waals surface area (Å²) in [5.74, 6) is -4.32. The van der Waals surface area contributed by atoms with Gasteiger partial charge in [-0.2, -0.15) is 8.78 Å². The van der Waals surface area contributed by atoms with E-state index in [4.69, 9.17) is 14.3 Å². The van der Waals surface area contributed by atoms with Gasteiger partial charge in [-0.05, 0) is 78.6 Å². The van der Waals surface area contributed by atoms with Crippen LogP contribution in [0.2, 0.25) is 0 Å². The summed E-state index contributed by atoms with van der Waals surface area (Å²) in [7, 11) is 0. The molecule has 8 heteroatoms. The molecule has 5 nitrogen and oxygen atoms in total. The lowest BCUT2D eigenvalue weighted by atomic mass is 9.96. The Labute approximate surface area is 200 Å². The number of hydrogen-bond donors (Lipinski definition) is 2. The maximum atomic E-state index is 15.1. The number of aliphatic carboxylic acids is 1. The van der Waals surface area contributed by atoms with Gasteiger partial charge < -0.3 is 19.6 Å². The fourth-order valence-corrected chi connectivity index (χ4v) is 3.91. The van der Waals surface area contributed by atoms with Crippen LogP contribution in [0.25, 0.3) is 11.0 Å². The van der Waals surface area contributed by atoms with Crippen molar-refractivity contribution in [3.8, 4) is 5.75 Å². The molecule has 4 rings (SSSR count). The number of carboxylic acids is 1. The standard InChI is InChI=1S/C27H24F3NO4/c28-23-3-1-2-18(15-23)20(16-31-17-26(32)33)11-12-34-24-7-4-21(5-8-24)27(29,30)22-6-9-25-19(14-22)10-13-35-25/h1-10,13-15,20,31H,11-12,16-17H2,(H,32,33). The van der Waals surface area contributed by atoms with Gasteiger partial charge in [0.25, 0.3) is 5.92 Å². The van der Waals surface area contributed by atoms with Crippen molar-refractivity contribution in [3.05, 3.63) is 102 Å². The van der Waals surface area contributed by atoms with Crippen molar-refractivity contribution in [1.29, 1.82) is 0 Å². The fourth-order valence-electron chi connectivity index (χ4n) is 3.91. The summed E-state index contributed by atoms with van der Waals surface area (Å²) in [6.45, 7) is 0.351. The van der Waals surface area contributed by atoms with Gasteiger partial charge in [0, 0.05) is 23.1 Å². The summed E-state index contributed by atoms with van der Waals surface area (Å²) in [4.78, 5) is 10.8. The van der Waals surface area contributed by atoms with Crippen molar-refractivity contribution in [2.45, 2.75) is 18.3 Å². The van der Waals surface area contributed by atoms with Crippen LogP contribution in [0.1, 0.15) is 29.0 Å². The van der Waals surface area contributed by atoms with Crippen LogP contribution >= 0.6 is 0 Å². The molecular weight excluding hydrogens is 459 g/mol. The number of carboxylic acid groups (broad SMARTS) is 1. The number of fused-ring (bicyclic) bond motifs is 1. The zero-order valence-electron chi connectivity index (χ0n) is 18.7. The molecule has 2 N–H and O–H groups in total. The second-order valence-electron chi connectivity index (χ2n) is 8.19. The van der Waals surface area contributed by atoms with Gasteiger partial charge in [0.1, 0.15) is 17.1 Å². The van der Waals surface area contributed by atoms with Crippen LogP contribution in [0, 0.1) is 5.82 Å².